The van der Waals surface area contributed by atoms with Gasteiger partial charge in [-0.2, -0.15) is 0 Å². The van der Waals surface area contributed by atoms with Gasteiger partial charge in [-0.3, -0.25) is 0 Å². The molecule has 46 heavy (non-hydrogen) atoms. The SMILES string of the molecule is C=COCCOCCOCCOCCOCCOCCOCCOCCOCCOCCOCCOCCOCCCCCCCl. The normalized spacial score (nSPS) is 11.4. The van der Waals surface area contributed by atoms with Crippen LogP contribution in [-0.4, -0.2) is 171 Å². The van der Waals surface area contributed by atoms with Crippen molar-refractivity contribution in [1.82, 2.24) is 0 Å². The van der Waals surface area contributed by atoms with Gasteiger partial charge in [-0.15, -0.1) is 11.6 Å². The van der Waals surface area contributed by atoms with E-state index in [1.165, 1.54) is 19.1 Å². The Balaban J connectivity index is 3.03. The van der Waals surface area contributed by atoms with Gasteiger partial charge in [0.05, 0.1) is 158 Å². The Morgan fingerprint density at radius 1 is 0.283 bits per heavy atom. The van der Waals surface area contributed by atoms with E-state index in [1.54, 1.807) is 0 Å². The second-order valence-corrected chi connectivity index (χ2v) is 9.87. The first-order valence-corrected chi connectivity index (χ1v) is 17.2. The highest BCUT2D eigenvalue weighted by molar-refractivity contribution is 6.17. The largest absolute Gasteiger partial charge is 0.499 e. The lowest BCUT2D eigenvalue weighted by Gasteiger charge is -2.09. The van der Waals surface area contributed by atoms with Crippen LogP contribution in [0, 0.1) is 0 Å². The van der Waals surface area contributed by atoms with Gasteiger partial charge in [0.15, 0.2) is 0 Å². The topological polar surface area (TPSA) is 120 Å². The standard InChI is InChI=1S/C32H63ClO13/c1-2-34-9-10-36-13-14-38-17-18-40-21-22-42-25-26-44-29-30-46-32-31-45-28-27-43-24-23-41-20-19-39-16-15-37-12-11-35-8-6-4-3-5-7-33/h2H,1,3-32H2. The molecule has 0 unspecified atom stereocenters. The third kappa shape index (κ3) is 43.4. The average molecular weight is 691 g/mol. The van der Waals surface area contributed by atoms with Crippen LogP contribution in [0.2, 0.25) is 0 Å². The van der Waals surface area contributed by atoms with Crippen molar-refractivity contribution in [3.05, 3.63) is 12.8 Å². The van der Waals surface area contributed by atoms with Crippen molar-refractivity contribution in [3.63, 3.8) is 0 Å². The van der Waals surface area contributed by atoms with E-state index >= 15 is 0 Å². The van der Waals surface area contributed by atoms with Crippen LogP contribution < -0.4 is 0 Å². The maximum Gasteiger partial charge on any atom is 0.111 e. The van der Waals surface area contributed by atoms with E-state index in [1.807, 2.05) is 0 Å². The second-order valence-electron chi connectivity index (χ2n) is 9.49. The smallest absolute Gasteiger partial charge is 0.111 e. The first-order valence-electron chi connectivity index (χ1n) is 16.6. The fourth-order valence-corrected chi connectivity index (χ4v) is 3.55. The summed E-state index contributed by atoms with van der Waals surface area (Å²) in [6.45, 7) is 16.9. The van der Waals surface area contributed by atoms with Crippen molar-refractivity contribution in [2.45, 2.75) is 25.7 Å². The van der Waals surface area contributed by atoms with E-state index in [2.05, 4.69) is 6.58 Å². The van der Waals surface area contributed by atoms with Gasteiger partial charge >= 0.3 is 0 Å². The highest BCUT2D eigenvalue weighted by atomic mass is 35.5. The Morgan fingerprint density at radius 2 is 0.500 bits per heavy atom. The first-order chi connectivity index (χ1) is 22.9. The predicted molar refractivity (Wildman–Crippen MR) is 175 cm³/mol. The fourth-order valence-electron chi connectivity index (χ4n) is 3.36. The number of unbranched alkanes of at least 4 members (excludes halogenated alkanes) is 3. The van der Waals surface area contributed by atoms with Gasteiger partial charge in [0.25, 0.3) is 0 Å². The van der Waals surface area contributed by atoms with Gasteiger partial charge < -0.3 is 61.6 Å². The summed E-state index contributed by atoms with van der Waals surface area (Å²) in [5.41, 5.74) is 0. The third-order valence-electron chi connectivity index (χ3n) is 5.73. The van der Waals surface area contributed by atoms with E-state index in [0.29, 0.717) is 159 Å². The molecule has 0 heterocycles. The molecule has 0 fully saturated rings. The lowest BCUT2D eigenvalue weighted by Crippen LogP contribution is -2.15. The van der Waals surface area contributed by atoms with Crippen LogP contribution in [0.1, 0.15) is 25.7 Å². The molecule has 276 valence electrons. The van der Waals surface area contributed by atoms with E-state index in [-0.39, 0.29) is 0 Å². The summed E-state index contributed by atoms with van der Waals surface area (Å²) in [7, 11) is 0. The summed E-state index contributed by atoms with van der Waals surface area (Å²) < 4.78 is 70.4. The van der Waals surface area contributed by atoms with Gasteiger partial charge in [0, 0.05) is 12.5 Å². The van der Waals surface area contributed by atoms with Crippen LogP contribution in [-0.2, 0) is 61.6 Å². The van der Waals surface area contributed by atoms with Gasteiger partial charge in [0.1, 0.15) is 6.61 Å². The minimum Gasteiger partial charge on any atom is -0.499 e. The number of hydrogen-bond acceptors (Lipinski definition) is 13. The van der Waals surface area contributed by atoms with Crippen LogP contribution in [0.25, 0.3) is 0 Å². The minimum atomic E-state index is 0.502. The molecule has 0 aliphatic carbocycles. The molecule has 0 aromatic carbocycles. The maximum atomic E-state index is 5.65. The summed E-state index contributed by atoms with van der Waals surface area (Å²) in [6.07, 6.45) is 5.89. The van der Waals surface area contributed by atoms with Crippen molar-refractivity contribution in [3.8, 4) is 0 Å². The van der Waals surface area contributed by atoms with Gasteiger partial charge in [0.2, 0.25) is 0 Å². The Kier molecular flexibility index (Phi) is 43.7. The zero-order chi connectivity index (χ0) is 33.1. The van der Waals surface area contributed by atoms with Crippen molar-refractivity contribution < 1.29 is 61.6 Å². The molecule has 0 spiro atoms. The molecule has 0 amide bonds. The minimum absolute atomic E-state index is 0.502. The molecule has 0 aromatic rings. The molecule has 13 nitrogen and oxygen atoms in total. The third-order valence-corrected chi connectivity index (χ3v) is 6.00. The Hall–Kier alpha value is -0.650. The summed E-state index contributed by atoms with van der Waals surface area (Å²) in [4.78, 5) is 0. The zero-order valence-electron chi connectivity index (χ0n) is 28.2. The van der Waals surface area contributed by atoms with E-state index in [4.69, 9.17) is 73.2 Å². The molecule has 0 N–H and O–H groups in total. The van der Waals surface area contributed by atoms with Crippen molar-refractivity contribution in [1.29, 1.82) is 0 Å². The van der Waals surface area contributed by atoms with Crippen molar-refractivity contribution in [2.24, 2.45) is 0 Å². The van der Waals surface area contributed by atoms with E-state index in [0.717, 1.165) is 25.3 Å². The molecular weight excluding hydrogens is 628 g/mol. The molecule has 0 saturated carbocycles. The summed E-state index contributed by atoms with van der Waals surface area (Å²) >= 11 is 5.65. The quantitative estimate of drug-likeness (QED) is 0.0530. The van der Waals surface area contributed by atoms with Gasteiger partial charge in [-0.25, -0.2) is 0 Å². The lowest BCUT2D eigenvalue weighted by atomic mass is 10.2. The molecule has 0 bridgehead atoms. The Morgan fingerprint density at radius 3 is 0.739 bits per heavy atom. The summed E-state index contributed by atoms with van der Waals surface area (Å²) in [5, 5.41) is 0. The molecule has 0 rings (SSSR count). The zero-order valence-corrected chi connectivity index (χ0v) is 28.9. The van der Waals surface area contributed by atoms with Crippen LogP contribution in [0.4, 0.5) is 0 Å². The first kappa shape index (κ1) is 45.3. The van der Waals surface area contributed by atoms with Crippen LogP contribution in [0.3, 0.4) is 0 Å². The van der Waals surface area contributed by atoms with E-state index < -0.39 is 0 Å². The van der Waals surface area contributed by atoms with Crippen molar-refractivity contribution >= 4 is 11.6 Å². The maximum absolute atomic E-state index is 5.65. The number of hydrogen-bond donors (Lipinski definition) is 0. The summed E-state index contributed by atoms with van der Waals surface area (Å²) in [6, 6.07) is 0. The molecule has 0 radical (unpaired) electrons. The van der Waals surface area contributed by atoms with Gasteiger partial charge in [-0.1, -0.05) is 19.4 Å². The van der Waals surface area contributed by atoms with Crippen LogP contribution in [0.15, 0.2) is 12.8 Å². The number of rotatable bonds is 43. The Bertz CT molecular complexity index is 552. The van der Waals surface area contributed by atoms with Crippen molar-refractivity contribution in [2.75, 3.05) is 171 Å². The second kappa shape index (κ2) is 44.4. The highest BCUT2D eigenvalue weighted by Gasteiger charge is 1.97. The molecular formula is C32H63ClO13. The van der Waals surface area contributed by atoms with E-state index in [9.17, 15) is 0 Å². The monoisotopic (exact) mass is 690 g/mol. The average Bonchev–Trinajstić information content (AvgIpc) is 3.07. The lowest BCUT2D eigenvalue weighted by molar-refractivity contribution is -0.0286. The number of halogens is 1. The number of alkyl halides is 1. The van der Waals surface area contributed by atoms with Crippen LogP contribution >= 0.6 is 11.6 Å². The molecule has 0 atom stereocenters. The fraction of sp³-hybridized carbons (Fsp3) is 0.938. The molecule has 14 heteroatoms. The molecule has 0 saturated heterocycles. The Labute approximate surface area is 282 Å². The van der Waals surface area contributed by atoms with Gasteiger partial charge in [-0.05, 0) is 12.8 Å². The summed E-state index contributed by atoms with van der Waals surface area (Å²) in [5.74, 6) is 0.743. The molecule has 0 aliphatic rings. The number of ether oxygens (including phenoxy) is 13. The highest BCUT2D eigenvalue weighted by Crippen LogP contribution is 2.01. The predicted octanol–water partition coefficient (Wildman–Crippen LogP) is 3.14. The molecule has 0 aliphatic heterocycles. The van der Waals surface area contributed by atoms with Crippen LogP contribution in [0.5, 0.6) is 0 Å². The molecule has 0 aromatic heterocycles.